The Labute approximate surface area is 113 Å². The lowest BCUT2D eigenvalue weighted by Gasteiger charge is -2.13. The molecule has 0 bridgehead atoms. The monoisotopic (exact) mass is 284 g/mol. The molecule has 0 aliphatic rings. The summed E-state index contributed by atoms with van der Waals surface area (Å²) in [6, 6.07) is 7.75. The Bertz CT molecular complexity index is 636. The van der Waals surface area contributed by atoms with Crippen molar-refractivity contribution in [3.8, 4) is 0 Å². The molecule has 0 aliphatic heterocycles. The number of hydrogen-bond acceptors (Lipinski definition) is 2. The predicted molar refractivity (Wildman–Crippen MR) is 70.3 cm³/mol. The second-order valence-electron chi connectivity index (χ2n) is 4.39. The van der Waals surface area contributed by atoms with E-state index in [4.69, 9.17) is 5.73 Å². The second-order valence-corrected chi connectivity index (χ2v) is 4.39. The van der Waals surface area contributed by atoms with Gasteiger partial charge in [0.15, 0.2) is 0 Å². The minimum absolute atomic E-state index is 0.234. The van der Waals surface area contributed by atoms with E-state index in [9.17, 15) is 17.6 Å². The van der Waals surface area contributed by atoms with E-state index < -0.39 is 11.7 Å². The third-order valence-corrected chi connectivity index (χ3v) is 2.81. The molecule has 20 heavy (non-hydrogen) atoms. The summed E-state index contributed by atoms with van der Waals surface area (Å²) in [6.07, 6.45) is -4.51. The number of rotatable bonds is 2. The lowest BCUT2D eigenvalue weighted by molar-refractivity contribution is -0.136. The largest absolute Gasteiger partial charge is 0.418 e. The Morgan fingerprint density at radius 1 is 1.00 bits per heavy atom. The van der Waals surface area contributed by atoms with Gasteiger partial charge in [-0.2, -0.15) is 13.2 Å². The molecule has 0 amide bonds. The lowest BCUT2D eigenvalue weighted by Crippen LogP contribution is -2.09. The highest BCUT2D eigenvalue weighted by atomic mass is 19.4. The molecule has 0 saturated carbocycles. The Morgan fingerprint density at radius 3 is 2.20 bits per heavy atom. The van der Waals surface area contributed by atoms with Gasteiger partial charge in [0.05, 0.1) is 5.56 Å². The van der Waals surface area contributed by atoms with Crippen molar-refractivity contribution >= 4 is 17.1 Å². The minimum atomic E-state index is -4.51. The molecule has 0 aliphatic carbocycles. The minimum Gasteiger partial charge on any atom is -0.398 e. The van der Waals surface area contributed by atoms with E-state index in [1.165, 1.54) is 30.3 Å². The van der Waals surface area contributed by atoms with Crippen LogP contribution in [0.5, 0.6) is 0 Å². The molecule has 106 valence electrons. The quantitative estimate of drug-likeness (QED) is 0.630. The van der Waals surface area contributed by atoms with Crippen LogP contribution >= 0.6 is 0 Å². The van der Waals surface area contributed by atoms with Crippen molar-refractivity contribution in [3.05, 3.63) is 53.3 Å². The number of nitrogen functional groups attached to an aromatic ring is 1. The van der Waals surface area contributed by atoms with E-state index in [1.54, 1.807) is 6.92 Å². The van der Waals surface area contributed by atoms with Crippen molar-refractivity contribution in [2.45, 2.75) is 13.1 Å². The normalized spacial score (nSPS) is 11.4. The zero-order valence-electron chi connectivity index (χ0n) is 10.6. The van der Waals surface area contributed by atoms with E-state index in [-0.39, 0.29) is 17.2 Å². The molecule has 0 unspecified atom stereocenters. The molecule has 6 heteroatoms. The van der Waals surface area contributed by atoms with Crippen LogP contribution in [0.1, 0.15) is 11.1 Å². The third-order valence-electron chi connectivity index (χ3n) is 2.81. The molecule has 0 spiro atoms. The van der Waals surface area contributed by atoms with Crippen LogP contribution in [0.2, 0.25) is 0 Å². The van der Waals surface area contributed by atoms with Gasteiger partial charge in [-0.1, -0.05) is 0 Å². The first kappa shape index (κ1) is 14.2. The summed E-state index contributed by atoms with van der Waals surface area (Å²) in [5, 5.41) is 2.79. The van der Waals surface area contributed by atoms with Gasteiger partial charge in [0.1, 0.15) is 5.82 Å². The standard InChI is InChI=1S/C14H12F4N2/c1-8-6-9(2-4-12(8)15)20-10-3-5-13(19)11(7-10)14(16,17)18/h2-7,20H,19H2,1H3. The Hall–Kier alpha value is -2.24. The van der Waals surface area contributed by atoms with Crippen LogP contribution in [0.25, 0.3) is 0 Å². The highest BCUT2D eigenvalue weighted by Crippen LogP contribution is 2.35. The van der Waals surface area contributed by atoms with E-state index in [1.807, 2.05) is 0 Å². The Balaban J connectivity index is 2.32. The van der Waals surface area contributed by atoms with Crippen LogP contribution in [0.15, 0.2) is 36.4 Å². The highest BCUT2D eigenvalue weighted by Gasteiger charge is 2.33. The number of halogens is 4. The zero-order valence-corrected chi connectivity index (χ0v) is 10.6. The average molecular weight is 284 g/mol. The maximum Gasteiger partial charge on any atom is 0.418 e. The number of alkyl halides is 3. The third kappa shape index (κ3) is 3.01. The summed E-state index contributed by atoms with van der Waals surface area (Å²) in [6.45, 7) is 1.57. The van der Waals surface area contributed by atoms with Crippen molar-refractivity contribution < 1.29 is 17.6 Å². The first-order valence-electron chi connectivity index (χ1n) is 5.77. The number of aryl methyl sites for hydroxylation is 1. The van der Waals surface area contributed by atoms with E-state index in [0.717, 1.165) is 6.07 Å². The molecule has 0 atom stereocenters. The highest BCUT2D eigenvalue weighted by molar-refractivity contribution is 5.65. The van der Waals surface area contributed by atoms with Gasteiger partial charge >= 0.3 is 6.18 Å². The topological polar surface area (TPSA) is 38.0 Å². The molecule has 0 aromatic heterocycles. The van der Waals surface area contributed by atoms with Gasteiger partial charge < -0.3 is 11.1 Å². The molecule has 0 heterocycles. The smallest absolute Gasteiger partial charge is 0.398 e. The molecule has 2 nitrogen and oxygen atoms in total. The fraction of sp³-hybridized carbons (Fsp3) is 0.143. The van der Waals surface area contributed by atoms with Gasteiger partial charge in [-0.3, -0.25) is 0 Å². The molecule has 0 saturated heterocycles. The van der Waals surface area contributed by atoms with E-state index >= 15 is 0 Å². The van der Waals surface area contributed by atoms with Crippen molar-refractivity contribution in [2.24, 2.45) is 0 Å². The first-order valence-corrected chi connectivity index (χ1v) is 5.77. The molecule has 2 aromatic carbocycles. The van der Waals surface area contributed by atoms with Crippen LogP contribution in [0, 0.1) is 12.7 Å². The molecule has 0 radical (unpaired) electrons. The fourth-order valence-electron chi connectivity index (χ4n) is 1.77. The second kappa shape index (κ2) is 5.03. The number of nitrogens with one attached hydrogen (secondary N) is 1. The van der Waals surface area contributed by atoms with Gasteiger partial charge in [-0.25, -0.2) is 4.39 Å². The van der Waals surface area contributed by atoms with Crippen molar-refractivity contribution in [2.75, 3.05) is 11.1 Å². The lowest BCUT2D eigenvalue weighted by atomic mass is 10.1. The zero-order chi connectivity index (χ0) is 14.9. The van der Waals surface area contributed by atoms with Crippen LogP contribution < -0.4 is 11.1 Å². The Kier molecular flexibility index (Phi) is 3.57. The van der Waals surface area contributed by atoms with Gasteiger partial charge in [0, 0.05) is 17.1 Å². The van der Waals surface area contributed by atoms with E-state index in [0.29, 0.717) is 11.3 Å². The molecule has 2 rings (SSSR count). The summed E-state index contributed by atoms with van der Waals surface area (Å²) in [4.78, 5) is 0. The van der Waals surface area contributed by atoms with Crippen LogP contribution in [-0.2, 0) is 6.18 Å². The average Bonchev–Trinajstić information content (AvgIpc) is 2.35. The SMILES string of the molecule is Cc1cc(Nc2ccc(N)c(C(F)(F)F)c2)ccc1F. The van der Waals surface area contributed by atoms with Crippen LogP contribution in [0.3, 0.4) is 0 Å². The molecule has 2 aromatic rings. The number of hydrogen-bond donors (Lipinski definition) is 2. The molecular formula is C14H12F4N2. The molecular weight excluding hydrogens is 272 g/mol. The molecule has 3 N–H and O–H groups in total. The summed E-state index contributed by atoms with van der Waals surface area (Å²) in [5.41, 5.74) is 5.22. The van der Waals surface area contributed by atoms with Crippen molar-refractivity contribution in [1.82, 2.24) is 0 Å². The molecule has 0 fully saturated rings. The summed E-state index contributed by atoms with van der Waals surface area (Å²) in [7, 11) is 0. The maximum absolute atomic E-state index is 13.1. The van der Waals surface area contributed by atoms with Gasteiger partial charge in [0.25, 0.3) is 0 Å². The maximum atomic E-state index is 13.1. The summed E-state index contributed by atoms with van der Waals surface area (Å²) >= 11 is 0. The van der Waals surface area contributed by atoms with Crippen LogP contribution in [-0.4, -0.2) is 0 Å². The van der Waals surface area contributed by atoms with E-state index in [2.05, 4.69) is 5.32 Å². The number of benzene rings is 2. The summed E-state index contributed by atoms with van der Waals surface area (Å²) < 4.78 is 51.3. The van der Waals surface area contributed by atoms with Crippen molar-refractivity contribution in [3.63, 3.8) is 0 Å². The van der Waals surface area contributed by atoms with Gasteiger partial charge in [0.2, 0.25) is 0 Å². The van der Waals surface area contributed by atoms with Crippen LogP contribution in [0.4, 0.5) is 34.6 Å². The first-order chi connectivity index (χ1) is 9.27. The number of nitrogens with two attached hydrogens (primary N) is 1. The van der Waals surface area contributed by atoms with Crippen molar-refractivity contribution in [1.29, 1.82) is 0 Å². The van der Waals surface area contributed by atoms with Gasteiger partial charge in [-0.05, 0) is 48.9 Å². The van der Waals surface area contributed by atoms with Gasteiger partial charge in [-0.15, -0.1) is 0 Å². The Morgan fingerprint density at radius 2 is 1.60 bits per heavy atom. The fourth-order valence-corrected chi connectivity index (χ4v) is 1.77. The summed E-state index contributed by atoms with van der Waals surface area (Å²) in [5.74, 6) is -0.371. The predicted octanol–water partition coefficient (Wildman–Crippen LogP) is 4.48. The number of anilines is 3.